The number of halogens is 1. The third-order valence-electron chi connectivity index (χ3n) is 3.14. The molecule has 0 bridgehead atoms. The van der Waals surface area contributed by atoms with Crippen molar-refractivity contribution in [2.45, 2.75) is 6.42 Å². The number of nitrogens with zero attached hydrogens (tertiary/aromatic N) is 3. The summed E-state index contributed by atoms with van der Waals surface area (Å²) in [5.74, 6) is -2.10. The molecule has 0 N–H and O–H groups in total. The first kappa shape index (κ1) is 14.3. The van der Waals surface area contributed by atoms with E-state index in [1.807, 2.05) is 0 Å². The first-order valence-electron chi connectivity index (χ1n) is 6.34. The lowest BCUT2D eigenvalue weighted by atomic mass is 10.1. The van der Waals surface area contributed by atoms with Gasteiger partial charge in [-0.1, -0.05) is 28.8 Å². The molecule has 22 heavy (non-hydrogen) atoms. The molecule has 3 rings (SSSR count). The fourth-order valence-electron chi connectivity index (χ4n) is 2.17. The topological polar surface area (TPSA) is 81.5 Å². The van der Waals surface area contributed by atoms with Crippen LogP contribution in [0.4, 0.5) is 0 Å². The monoisotopic (exact) mass is 319 g/mol. The number of aromatic nitrogens is 2. The Morgan fingerprint density at radius 3 is 2.32 bits per heavy atom. The van der Waals surface area contributed by atoms with Crippen LogP contribution in [0.15, 0.2) is 30.5 Å². The Kier molecular flexibility index (Phi) is 3.42. The zero-order valence-electron chi connectivity index (χ0n) is 11.4. The van der Waals surface area contributed by atoms with Crippen molar-refractivity contribution in [1.82, 2.24) is 14.8 Å². The quantitative estimate of drug-likeness (QED) is 0.798. The minimum absolute atomic E-state index is 0.168. The maximum absolute atomic E-state index is 12.1. The summed E-state index contributed by atoms with van der Waals surface area (Å²) in [6.07, 6.45) is 1.37. The van der Waals surface area contributed by atoms with Gasteiger partial charge in [0.2, 0.25) is 0 Å². The maximum Gasteiger partial charge on any atom is 0.337 e. The number of hydroxylamine groups is 2. The Labute approximate surface area is 130 Å². The molecule has 0 saturated carbocycles. The SMILES string of the molecule is Cn1cc(CC(=O)ON2C(=O)c3ccccc3C2=O)c(Cl)n1. The molecule has 1 aromatic heterocycles. The second-order valence-corrected chi connectivity index (χ2v) is 5.07. The van der Waals surface area contributed by atoms with E-state index < -0.39 is 17.8 Å². The normalized spacial score (nSPS) is 13.5. The predicted molar refractivity (Wildman–Crippen MR) is 75.0 cm³/mol. The highest BCUT2D eigenvalue weighted by Crippen LogP contribution is 2.23. The van der Waals surface area contributed by atoms with Gasteiger partial charge in [-0.15, -0.1) is 0 Å². The van der Waals surface area contributed by atoms with Gasteiger partial charge in [-0.2, -0.15) is 5.10 Å². The van der Waals surface area contributed by atoms with Gasteiger partial charge in [0.1, 0.15) is 0 Å². The van der Waals surface area contributed by atoms with Crippen molar-refractivity contribution in [3.8, 4) is 0 Å². The van der Waals surface area contributed by atoms with Gasteiger partial charge < -0.3 is 4.84 Å². The molecule has 0 spiro atoms. The van der Waals surface area contributed by atoms with Crippen molar-refractivity contribution in [2.75, 3.05) is 0 Å². The average molecular weight is 320 g/mol. The number of fused-ring (bicyclic) bond motifs is 1. The van der Waals surface area contributed by atoms with Gasteiger partial charge in [-0.3, -0.25) is 14.3 Å². The molecular formula is C14H10ClN3O4. The van der Waals surface area contributed by atoms with Gasteiger partial charge in [0, 0.05) is 18.8 Å². The summed E-state index contributed by atoms with van der Waals surface area (Å²) in [5.41, 5.74) is 0.866. The van der Waals surface area contributed by atoms with Crippen molar-refractivity contribution in [2.24, 2.45) is 7.05 Å². The molecule has 1 aromatic carbocycles. The summed E-state index contributed by atoms with van der Waals surface area (Å²) >= 11 is 5.85. The molecule has 0 aliphatic carbocycles. The number of aryl methyl sites for hydroxylation is 1. The van der Waals surface area contributed by atoms with Gasteiger partial charge in [0.05, 0.1) is 17.5 Å². The molecule has 1 aliphatic rings. The average Bonchev–Trinajstić information content (AvgIpc) is 2.91. The molecule has 2 aromatic rings. The Hall–Kier alpha value is -2.67. The van der Waals surface area contributed by atoms with Crippen LogP contribution >= 0.6 is 11.6 Å². The lowest BCUT2D eigenvalue weighted by Gasteiger charge is -2.12. The van der Waals surface area contributed by atoms with Gasteiger partial charge in [-0.05, 0) is 12.1 Å². The molecule has 112 valence electrons. The number of benzene rings is 1. The number of amides is 2. The van der Waals surface area contributed by atoms with Crippen molar-refractivity contribution < 1.29 is 19.2 Å². The van der Waals surface area contributed by atoms with E-state index in [-0.39, 0.29) is 22.7 Å². The van der Waals surface area contributed by atoms with E-state index in [9.17, 15) is 14.4 Å². The van der Waals surface area contributed by atoms with Crippen molar-refractivity contribution in [3.05, 3.63) is 52.3 Å². The number of imide groups is 1. The van der Waals surface area contributed by atoms with Crippen molar-refractivity contribution >= 4 is 29.4 Å². The second kappa shape index (κ2) is 5.27. The Bertz CT molecular complexity index is 764. The molecule has 2 amide bonds. The lowest BCUT2D eigenvalue weighted by Crippen LogP contribution is -2.33. The van der Waals surface area contributed by atoms with E-state index in [1.54, 1.807) is 25.4 Å². The van der Waals surface area contributed by atoms with Crippen LogP contribution in [0, 0.1) is 0 Å². The van der Waals surface area contributed by atoms with Gasteiger partial charge in [0.25, 0.3) is 11.8 Å². The first-order chi connectivity index (χ1) is 10.5. The number of hydrogen-bond donors (Lipinski definition) is 0. The van der Waals surface area contributed by atoms with Crippen LogP contribution in [0.1, 0.15) is 26.3 Å². The second-order valence-electron chi connectivity index (χ2n) is 4.71. The molecule has 0 fully saturated rings. The Balaban J connectivity index is 1.74. The maximum atomic E-state index is 12.1. The zero-order chi connectivity index (χ0) is 15.9. The zero-order valence-corrected chi connectivity index (χ0v) is 12.2. The molecule has 2 heterocycles. The van der Waals surface area contributed by atoms with Crippen LogP contribution in [-0.2, 0) is 23.1 Å². The molecule has 8 heteroatoms. The smallest absolute Gasteiger partial charge is 0.329 e. The Morgan fingerprint density at radius 2 is 1.82 bits per heavy atom. The molecule has 0 unspecified atom stereocenters. The van der Waals surface area contributed by atoms with E-state index >= 15 is 0 Å². The fraction of sp³-hybridized carbons (Fsp3) is 0.143. The number of carbonyl (C=O) groups excluding carboxylic acids is 3. The van der Waals surface area contributed by atoms with E-state index in [1.165, 1.54) is 16.8 Å². The van der Waals surface area contributed by atoms with Crippen molar-refractivity contribution in [3.63, 3.8) is 0 Å². The summed E-state index contributed by atoms with van der Waals surface area (Å²) in [6.45, 7) is 0. The summed E-state index contributed by atoms with van der Waals surface area (Å²) in [4.78, 5) is 40.9. The van der Waals surface area contributed by atoms with Crippen LogP contribution in [0.5, 0.6) is 0 Å². The van der Waals surface area contributed by atoms with Crippen LogP contribution in [0.25, 0.3) is 0 Å². The van der Waals surface area contributed by atoms with E-state index in [0.29, 0.717) is 10.6 Å². The van der Waals surface area contributed by atoms with Crippen LogP contribution in [0.3, 0.4) is 0 Å². The standard InChI is InChI=1S/C14H10ClN3O4/c1-17-7-8(12(15)16-17)6-11(19)22-18-13(20)9-4-2-3-5-10(9)14(18)21/h2-5,7H,6H2,1H3. The minimum Gasteiger partial charge on any atom is -0.329 e. The Morgan fingerprint density at radius 1 is 1.23 bits per heavy atom. The summed E-state index contributed by atoms with van der Waals surface area (Å²) in [6, 6.07) is 6.26. The minimum atomic E-state index is -0.774. The van der Waals surface area contributed by atoms with Gasteiger partial charge in [0.15, 0.2) is 5.15 Å². The van der Waals surface area contributed by atoms with Gasteiger partial charge in [-0.25, -0.2) is 4.79 Å². The summed E-state index contributed by atoms with van der Waals surface area (Å²) in [7, 11) is 1.66. The number of rotatable bonds is 3. The molecule has 1 aliphatic heterocycles. The molecule has 7 nitrogen and oxygen atoms in total. The lowest BCUT2D eigenvalue weighted by molar-refractivity contribution is -0.167. The summed E-state index contributed by atoms with van der Waals surface area (Å²) < 4.78 is 1.45. The third-order valence-corrected chi connectivity index (χ3v) is 3.46. The van der Waals surface area contributed by atoms with E-state index in [2.05, 4.69) is 5.10 Å². The molecular weight excluding hydrogens is 310 g/mol. The highest BCUT2D eigenvalue weighted by Gasteiger charge is 2.38. The number of hydrogen-bond acceptors (Lipinski definition) is 5. The van der Waals surface area contributed by atoms with Crippen LogP contribution in [0.2, 0.25) is 5.15 Å². The highest BCUT2D eigenvalue weighted by molar-refractivity contribution is 6.30. The molecule has 0 saturated heterocycles. The van der Waals surface area contributed by atoms with E-state index in [0.717, 1.165) is 0 Å². The highest BCUT2D eigenvalue weighted by atomic mass is 35.5. The summed E-state index contributed by atoms with van der Waals surface area (Å²) in [5, 5.41) is 4.52. The third kappa shape index (κ3) is 2.35. The first-order valence-corrected chi connectivity index (χ1v) is 6.72. The predicted octanol–water partition coefficient (Wildman–Crippen LogP) is 1.37. The molecule has 0 atom stereocenters. The molecule has 0 radical (unpaired) electrons. The van der Waals surface area contributed by atoms with Gasteiger partial charge >= 0.3 is 5.97 Å². The largest absolute Gasteiger partial charge is 0.337 e. The number of carbonyl (C=O) groups is 3. The fourth-order valence-corrected chi connectivity index (χ4v) is 2.40. The van der Waals surface area contributed by atoms with Crippen LogP contribution < -0.4 is 0 Å². The van der Waals surface area contributed by atoms with Crippen LogP contribution in [-0.4, -0.2) is 32.6 Å². The van der Waals surface area contributed by atoms with E-state index in [4.69, 9.17) is 16.4 Å². The van der Waals surface area contributed by atoms with Crippen molar-refractivity contribution in [1.29, 1.82) is 0 Å².